The number of hydrogen-bond acceptors (Lipinski definition) is 7. The van der Waals surface area contributed by atoms with Crippen LogP contribution in [0.1, 0.15) is 118 Å². The summed E-state index contributed by atoms with van der Waals surface area (Å²) in [5, 5.41) is 11.7. The van der Waals surface area contributed by atoms with Crippen molar-refractivity contribution in [3.05, 3.63) is 0 Å². The lowest BCUT2D eigenvalue weighted by Gasteiger charge is -2.38. The highest BCUT2D eigenvalue weighted by Crippen LogP contribution is 2.30. The maximum Gasteiger partial charge on any atom is 0.315 e. The molecule has 0 radical (unpaired) electrons. The van der Waals surface area contributed by atoms with E-state index in [2.05, 4.69) is 21.3 Å². The molecule has 0 spiro atoms. The minimum absolute atomic E-state index is 0.0404. The summed E-state index contributed by atoms with van der Waals surface area (Å²) in [6.45, 7) is 11.5. The smallest absolute Gasteiger partial charge is 0.315 e. The Balaban J connectivity index is 1.71. The maximum absolute atomic E-state index is 14.2. The van der Waals surface area contributed by atoms with Crippen LogP contribution in [0.3, 0.4) is 0 Å². The van der Waals surface area contributed by atoms with Crippen LogP contribution in [0.5, 0.6) is 0 Å². The average Bonchev–Trinajstić information content (AvgIpc) is 3.54. The molecule has 1 saturated carbocycles. The summed E-state index contributed by atoms with van der Waals surface area (Å²) < 4.78 is 0. The zero-order valence-electron chi connectivity index (χ0n) is 29.5. The van der Waals surface area contributed by atoms with Crippen molar-refractivity contribution >= 4 is 35.3 Å². The largest absolute Gasteiger partial charge is 0.350 e. The van der Waals surface area contributed by atoms with Crippen LogP contribution < -0.4 is 21.3 Å². The van der Waals surface area contributed by atoms with Crippen LogP contribution in [0.25, 0.3) is 0 Å². The summed E-state index contributed by atoms with van der Waals surface area (Å²) >= 11 is 0. The molecule has 2 saturated heterocycles. The molecule has 4 N–H and O–H groups in total. The number of likely N-dealkylation sites (tertiary alicyclic amines) is 2. The normalized spacial score (nSPS) is 21.1. The van der Waals surface area contributed by atoms with E-state index < -0.39 is 35.8 Å². The van der Waals surface area contributed by atoms with Gasteiger partial charge in [-0.15, -0.1) is 0 Å². The van der Waals surface area contributed by atoms with Crippen LogP contribution in [0.4, 0.5) is 4.79 Å². The van der Waals surface area contributed by atoms with Crippen molar-refractivity contribution in [2.45, 2.75) is 142 Å². The fourth-order valence-corrected chi connectivity index (χ4v) is 7.03. The van der Waals surface area contributed by atoms with Crippen LogP contribution in [0.2, 0.25) is 0 Å². The van der Waals surface area contributed by atoms with Gasteiger partial charge in [0.1, 0.15) is 6.04 Å². The molecule has 5 amide bonds. The summed E-state index contributed by atoms with van der Waals surface area (Å²) in [5.74, 6) is -1.64. The molecule has 3 fully saturated rings. The Morgan fingerprint density at radius 2 is 1.62 bits per heavy atom. The van der Waals surface area contributed by atoms with Gasteiger partial charge >= 0.3 is 6.03 Å². The van der Waals surface area contributed by atoms with Crippen molar-refractivity contribution in [3.63, 3.8) is 0 Å². The van der Waals surface area contributed by atoms with Crippen LogP contribution >= 0.6 is 0 Å². The molecule has 2 heterocycles. The van der Waals surface area contributed by atoms with Crippen molar-refractivity contribution < 1.29 is 28.8 Å². The van der Waals surface area contributed by atoms with Crippen molar-refractivity contribution in [2.75, 3.05) is 32.7 Å². The molecule has 4 atom stereocenters. The first-order chi connectivity index (χ1) is 22.4. The van der Waals surface area contributed by atoms with Crippen LogP contribution in [0.15, 0.2) is 0 Å². The maximum atomic E-state index is 14.2. The second-order valence-electron chi connectivity index (χ2n) is 14.7. The molecule has 12 nitrogen and oxygen atoms in total. The number of Topliss-reactive ketones (excluding diaryl/α,β-unsaturated/α-hetero) is 2. The Hall–Kier alpha value is -3.02. The molecular formula is C35H60N6O6. The van der Waals surface area contributed by atoms with Gasteiger partial charge in [0, 0.05) is 32.6 Å². The van der Waals surface area contributed by atoms with Crippen molar-refractivity contribution in [1.82, 2.24) is 31.1 Å². The predicted octanol–water partition coefficient (Wildman–Crippen LogP) is 3.08. The van der Waals surface area contributed by atoms with Crippen molar-refractivity contribution in [3.8, 4) is 0 Å². The number of nitrogens with one attached hydrogen (secondary N) is 4. The summed E-state index contributed by atoms with van der Waals surface area (Å²) in [4.78, 5) is 82.4. The third-order valence-corrected chi connectivity index (χ3v) is 10.0. The van der Waals surface area contributed by atoms with Gasteiger partial charge in [0.25, 0.3) is 5.91 Å². The third kappa shape index (κ3) is 11.3. The standard InChI is InChI=1S/C35H60N6O6/c1-6-8-17-25(31(44)32(45)36-7-2)37-22-27(42)26-18-14-21-41(26)33(46)30(24-15-10-9-11-16-24)39-34(47)38-28(35(3,4)5)23-40-20-13-12-19-29(40)43/h24-26,28,30,37H,6-23H2,1-5H3,(H,36,45)(H2,38,39,47)/t25?,26-,28+,30-/m0/s1. The van der Waals surface area contributed by atoms with Crippen LogP contribution in [-0.2, 0) is 24.0 Å². The molecule has 12 heteroatoms. The van der Waals surface area contributed by atoms with E-state index in [9.17, 15) is 28.8 Å². The number of carbonyl (C=O) groups excluding carboxylic acids is 6. The van der Waals surface area contributed by atoms with E-state index >= 15 is 0 Å². The number of unbranched alkanes of at least 4 members (excludes halogenated alkanes) is 1. The number of likely N-dealkylation sites (N-methyl/N-ethyl adjacent to an activating group) is 1. The Morgan fingerprint density at radius 1 is 0.894 bits per heavy atom. The number of nitrogens with zero attached hydrogens (tertiary/aromatic N) is 2. The molecule has 0 aromatic carbocycles. The first kappa shape index (κ1) is 38.4. The number of piperidine rings is 1. The van der Waals surface area contributed by atoms with Gasteiger partial charge in [-0.2, -0.15) is 0 Å². The van der Waals surface area contributed by atoms with Gasteiger partial charge < -0.3 is 31.1 Å². The summed E-state index contributed by atoms with van der Waals surface area (Å²) in [6.07, 6.45) is 10.2. The van der Waals surface area contributed by atoms with E-state index in [1.165, 1.54) is 0 Å². The number of rotatable bonds is 16. The van der Waals surface area contributed by atoms with Gasteiger partial charge in [0.05, 0.1) is 24.7 Å². The first-order valence-electron chi connectivity index (χ1n) is 18.1. The molecule has 266 valence electrons. The summed E-state index contributed by atoms with van der Waals surface area (Å²) in [5.41, 5.74) is -0.327. The summed E-state index contributed by atoms with van der Waals surface area (Å²) in [6, 6.07) is -2.96. The van der Waals surface area contributed by atoms with Gasteiger partial charge in [0.2, 0.25) is 17.6 Å². The third-order valence-electron chi connectivity index (χ3n) is 10.0. The minimum atomic E-state index is -0.773. The Kier molecular flexibility index (Phi) is 15.1. The number of ketones is 2. The van der Waals surface area contributed by atoms with E-state index in [1.54, 1.807) is 11.8 Å². The Labute approximate surface area is 281 Å². The molecule has 2 aliphatic heterocycles. The molecular weight excluding hydrogens is 600 g/mol. The summed E-state index contributed by atoms with van der Waals surface area (Å²) in [7, 11) is 0. The lowest BCUT2D eigenvalue weighted by molar-refractivity contribution is -0.141. The molecule has 1 unspecified atom stereocenters. The van der Waals surface area contributed by atoms with E-state index in [-0.39, 0.29) is 41.5 Å². The molecule has 0 aromatic rings. The molecule has 1 aliphatic carbocycles. The fourth-order valence-electron chi connectivity index (χ4n) is 7.03. The van der Waals surface area contributed by atoms with Crippen molar-refractivity contribution in [2.24, 2.45) is 11.3 Å². The van der Waals surface area contributed by atoms with Crippen molar-refractivity contribution in [1.29, 1.82) is 0 Å². The quantitative estimate of drug-likeness (QED) is 0.185. The SMILES string of the molecule is CCCCC(NCC(=O)[C@@H]1CCCN1C(=O)[C@@H](NC(=O)N[C@H](CN1CCCCC1=O)C(C)(C)C)C1CCCCC1)C(=O)C(=O)NCC. The van der Waals surface area contributed by atoms with Gasteiger partial charge in [-0.3, -0.25) is 24.0 Å². The molecule has 0 aromatic heterocycles. The highest BCUT2D eigenvalue weighted by molar-refractivity contribution is 6.38. The van der Waals surface area contributed by atoms with Crippen LogP contribution in [-0.4, -0.2) is 102 Å². The van der Waals surface area contributed by atoms with Crippen LogP contribution in [0, 0.1) is 11.3 Å². The van der Waals surface area contributed by atoms with E-state index in [1.807, 2.05) is 32.6 Å². The lowest BCUT2D eigenvalue weighted by atomic mass is 9.83. The number of urea groups is 1. The number of amides is 5. The van der Waals surface area contributed by atoms with Gasteiger partial charge in [0.15, 0.2) is 5.78 Å². The Bertz CT molecular complexity index is 1100. The number of hydrogen-bond donors (Lipinski definition) is 4. The van der Waals surface area contributed by atoms with E-state index in [0.717, 1.165) is 57.8 Å². The molecule has 3 rings (SSSR count). The predicted molar refractivity (Wildman–Crippen MR) is 180 cm³/mol. The average molecular weight is 661 g/mol. The molecule has 0 bridgehead atoms. The van der Waals surface area contributed by atoms with Gasteiger partial charge in [-0.25, -0.2) is 4.79 Å². The number of carbonyl (C=O) groups is 6. The highest BCUT2D eigenvalue weighted by Gasteiger charge is 2.41. The lowest BCUT2D eigenvalue weighted by Crippen LogP contribution is -2.60. The second kappa shape index (κ2) is 18.5. The van der Waals surface area contributed by atoms with Gasteiger partial charge in [-0.1, -0.05) is 59.8 Å². The second-order valence-corrected chi connectivity index (χ2v) is 14.7. The fraction of sp³-hybridized carbons (Fsp3) is 0.829. The molecule has 3 aliphatic rings. The first-order valence-corrected chi connectivity index (χ1v) is 18.1. The Morgan fingerprint density at radius 3 is 2.26 bits per heavy atom. The van der Waals surface area contributed by atoms with E-state index in [0.29, 0.717) is 51.9 Å². The molecule has 47 heavy (non-hydrogen) atoms. The topological polar surface area (TPSA) is 157 Å². The minimum Gasteiger partial charge on any atom is -0.350 e. The monoisotopic (exact) mass is 660 g/mol. The highest BCUT2D eigenvalue weighted by atomic mass is 16.2. The zero-order valence-corrected chi connectivity index (χ0v) is 29.5. The van der Waals surface area contributed by atoms with E-state index in [4.69, 9.17) is 0 Å². The zero-order chi connectivity index (χ0) is 34.6. The van der Waals surface area contributed by atoms with Gasteiger partial charge in [-0.05, 0) is 63.2 Å².